The van der Waals surface area contributed by atoms with Crippen LogP contribution in [0.15, 0.2) is 24.3 Å². The van der Waals surface area contributed by atoms with Gasteiger partial charge in [0, 0.05) is 5.02 Å². The molecule has 1 aromatic carbocycles. The third-order valence-corrected chi connectivity index (χ3v) is 1.82. The van der Waals surface area contributed by atoms with E-state index in [-0.39, 0.29) is 0 Å². The second-order valence-corrected chi connectivity index (χ2v) is 2.98. The Hall–Kier alpha value is -1.29. The van der Waals surface area contributed by atoms with Gasteiger partial charge in [-0.05, 0) is 24.1 Å². The van der Waals surface area contributed by atoms with E-state index in [1.165, 1.54) is 0 Å². The van der Waals surface area contributed by atoms with Gasteiger partial charge in [-0.25, -0.2) is 10.1 Å². The number of hydrazine groups is 1. The molecule has 0 saturated heterocycles. The first-order valence-electron chi connectivity index (χ1n) is 3.81. The Morgan fingerprint density at radius 1 is 1.38 bits per heavy atom. The first kappa shape index (κ1) is 9.80. The van der Waals surface area contributed by atoms with Gasteiger partial charge in [0.1, 0.15) is 0 Å². The molecule has 0 fully saturated rings. The summed E-state index contributed by atoms with van der Waals surface area (Å²) in [5, 5.41) is 10.0. The molecular formula is C8H9ClN2O2. The van der Waals surface area contributed by atoms with Gasteiger partial charge in [0.15, 0.2) is 5.03 Å². The number of benzene rings is 1. The number of halogens is 1. The monoisotopic (exact) mass is 200 g/mol. The van der Waals surface area contributed by atoms with Gasteiger partial charge < -0.3 is 0 Å². The minimum Gasteiger partial charge on any atom is -0.235 e. The fraction of sp³-hybridized carbons (Fsp3) is 0.250. The van der Waals surface area contributed by atoms with Crippen LogP contribution >= 0.6 is 11.6 Å². The molecule has 0 radical (unpaired) electrons. The summed E-state index contributed by atoms with van der Waals surface area (Å²) in [4.78, 5) is 9.92. The molecule has 0 aromatic heterocycles. The molecule has 0 unspecified atom stereocenters. The minimum absolute atomic E-state index is 0.328. The molecule has 0 aliphatic rings. The second kappa shape index (κ2) is 4.67. The van der Waals surface area contributed by atoms with Gasteiger partial charge in [0.05, 0.1) is 6.54 Å². The average molecular weight is 201 g/mol. The number of hydrogen-bond donors (Lipinski definition) is 1. The lowest BCUT2D eigenvalue weighted by Gasteiger charge is -1.98. The standard InChI is InChI=1S/C8H9ClN2O2/c9-8-3-1-7(2-4-8)5-6-10-11(12)13/h1-4,10H,5-6H2. The van der Waals surface area contributed by atoms with Gasteiger partial charge >= 0.3 is 0 Å². The van der Waals surface area contributed by atoms with E-state index in [1.807, 2.05) is 12.1 Å². The van der Waals surface area contributed by atoms with Crippen LogP contribution in [0, 0.1) is 10.1 Å². The van der Waals surface area contributed by atoms with Crippen molar-refractivity contribution in [2.24, 2.45) is 0 Å². The summed E-state index contributed by atoms with van der Waals surface area (Å²) in [6.45, 7) is 0.328. The lowest BCUT2D eigenvalue weighted by molar-refractivity contribution is -0.543. The highest BCUT2D eigenvalue weighted by Crippen LogP contribution is 2.09. The fourth-order valence-electron chi connectivity index (χ4n) is 0.943. The van der Waals surface area contributed by atoms with Gasteiger partial charge in [-0.2, -0.15) is 0 Å². The van der Waals surface area contributed by atoms with Crippen LogP contribution in [0.5, 0.6) is 0 Å². The summed E-state index contributed by atoms with van der Waals surface area (Å²) in [5.41, 5.74) is 3.12. The van der Waals surface area contributed by atoms with Crippen LogP contribution in [0.25, 0.3) is 0 Å². The van der Waals surface area contributed by atoms with E-state index in [2.05, 4.69) is 5.43 Å². The smallest absolute Gasteiger partial charge is 0.157 e. The Labute approximate surface area is 80.6 Å². The van der Waals surface area contributed by atoms with Crippen LogP contribution in [0.2, 0.25) is 5.02 Å². The summed E-state index contributed by atoms with van der Waals surface area (Å²) in [7, 11) is 0. The van der Waals surface area contributed by atoms with Crippen molar-refractivity contribution < 1.29 is 5.03 Å². The fourth-order valence-corrected chi connectivity index (χ4v) is 1.07. The molecule has 0 saturated carbocycles. The van der Waals surface area contributed by atoms with Crippen molar-refractivity contribution in [2.45, 2.75) is 6.42 Å². The molecule has 0 aliphatic carbocycles. The molecular weight excluding hydrogens is 192 g/mol. The SMILES string of the molecule is O=[N+]([O-])NCCc1ccc(Cl)cc1. The summed E-state index contributed by atoms with van der Waals surface area (Å²) < 4.78 is 0. The summed E-state index contributed by atoms with van der Waals surface area (Å²) in [5.74, 6) is 0. The molecule has 70 valence electrons. The van der Waals surface area contributed by atoms with E-state index in [0.29, 0.717) is 18.0 Å². The third kappa shape index (κ3) is 3.75. The van der Waals surface area contributed by atoms with Crippen LogP contribution in [-0.4, -0.2) is 11.6 Å². The van der Waals surface area contributed by atoms with Crippen LogP contribution in [0.3, 0.4) is 0 Å². The van der Waals surface area contributed by atoms with Crippen LogP contribution in [0.1, 0.15) is 5.56 Å². The summed E-state index contributed by atoms with van der Waals surface area (Å²) in [6, 6.07) is 7.24. The molecule has 0 amide bonds. The van der Waals surface area contributed by atoms with Gasteiger partial charge in [-0.1, -0.05) is 23.7 Å². The van der Waals surface area contributed by atoms with Crippen molar-refractivity contribution in [3.63, 3.8) is 0 Å². The molecule has 0 atom stereocenters. The molecule has 1 aromatic rings. The zero-order valence-corrected chi connectivity index (χ0v) is 7.62. The van der Waals surface area contributed by atoms with E-state index in [1.54, 1.807) is 12.1 Å². The predicted octanol–water partition coefficient (Wildman–Crippen LogP) is 1.66. The minimum atomic E-state index is -0.546. The van der Waals surface area contributed by atoms with Crippen molar-refractivity contribution in [1.82, 2.24) is 5.43 Å². The van der Waals surface area contributed by atoms with Crippen molar-refractivity contribution in [1.29, 1.82) is 0 Å². The topological polar surface area (TPSA) is 55.2 Å². The Morgan fingerprint density at radius 2 is 2.00 bits per heavy atom. The molecule has 5 heteroatoms. The van der Waals surface area contributed by atoms with E-state index in [0.717, 1.165) is 5.56 Å². The molecule has 0 aliphatic heterocycles. The first-order valence-corrected chi connectivity index (χ1v) is 4.18. The third-order valence-electron chi connectivity index (χ3n) is 1.57. The predicted molar refractivity (Wildman–Crippen MR) is 50.2 cm³/mol. The van der Waals surface area contributed by atoms with Crippen LogP contribution < -0.4 is 5.43 Å². The number of rotatable bonds is 4. The zero-order chi connectivity index (χ0) is 9.68. The van der Waals surface area contributed by atoms with Gasteiger partial charge in [-0.3, -0.25) is 0 Å². The number of nitrogens with one attached hydrogen (secondary N) is 1. The van der Waals surface area contributed by atoms with E-state index in [9.17, 15) is 10.1 Å². The number of nitrogens with zero attached hydrogens (tertiary/aromatic N) is 1. The average Bonchev–Trinajstić information content (AvgIpc) is 2.08. The molecule has 0 heterocycles. The highest BCUT2D eigenvalue weighted by atomic mass is 35.5. The van der Waals surface area contributed by atoms with Crippen LogP contribution in [-0.2, 0) is 6.42 Å². The van der Waals surface area contributed by atoms with Gasteiger partial charge in [0.2, 0.25) is 0 Å². The largest absolute Gasteiger partial charge is 0.235 e. The van der Waals surface area contributed by atoms with Crippen molar-refractivity contribution in [2.75, 3.05) is 6.54 Å². The summed E-state index contributed by atoms with van der Waals surface area (Å²) in [6.07, 6.45) is 0.623. The van der Waals surface area contributed by atoms with E-state index in [4.69, 9.17) is 11.6 Å². The maximum Gasteiger partial charge on any atom is 0.157 e. The molecule has 1 rings (SSSR count). The van der Waals surface area contributed by atoms with E-state index < -0.39 is 5.03 Å². The number of nitro groups is 1. The van der Waals surface area contributed by atoms with Crippen molar-refractivity contribution >= 4 is 11.6 Å². The Balaban J connectivity index is 2.37. The molecule has 13 heavy (non-hydrogen) atoms. The lowest BCUT2D eigenvalue weighted by Crippen LogP contribution is -2.23. The lowest BCUT2D eigenvalue weighted by atomic mass is 10.2. The van der Waals surface area contributed by atoms with E-state index >= 15 is 0 Å². The maximum atomic E-state index is 9.92. The molecule has 0 bridgehead atoms. The highest BCUT2D eigenvalue weighted by molar-refractivity contribution is 6.30. The Morgan fingerprint density at radius 3 is 2.54 bits per heavy atom. The molecule has 1 N–H and O–H groups in total. The van der Waals surface area contributed by atoms with Gasteiger partial charge in [0.25, 0.3) is 0 Å². The maximum absolute atomic E-state index is 9.92. The highest BCUT2D eigenvalue weighted by Gasteiger charge is 1.96. The molecule has 0 spiro atoms. The zero-order valence-electron chi connectivity index (χ0n) is 6.87. The quantitative estimate of drug-likeness (QED) is 0.594. The van der Waals surface area contributed by atoms with Crippen molar-refractivity contribution in [3.8, 4) is 0 Å². The molecule has 4 nitrogen and oxygen atoms in total. The van der Waals surface area contributed by atoms with Gasteiger partial charge in [-0.15, -0.1) is 5.43 Å². The number of hydrogen-bond acceptors (Lipinski definition) is 2. The first-order chi connectivity index (χ1) is 6.18. The van der Waals surface area contributed by atoms with Crippen LogP contribution in [0.4, 0.5) is 0 Å². The Bertz CT molecular complexity index is 287. The second-order valence-electron chi connectivity index (χ2n) is 2.54. The normalized spacial score (nSPS) is 9.62. The van der Waals surface area contributed by atoms with Crippen molar-refractivity contribution in [3.05, 3.63) is 45.0 Å². The summed E-state index contributed by atoms with van der Waals surface area (Å²) >= 11 is 5.67. The Kier molecular flexibility index (Phi) is 3.52.